The highest BCUT2D eigenvalue weighted by Gasteiger charge is 2.28. The summed E-state index contributed by atoms with van der Waals surface area (Å²) in [6.45, 7) is 3.09. The number of nitriles is 1. The summed E-state index contributed by atoms with van der Waals surface area (Å²) in [4.78, 5) is 4.66. The van der Waals surface area contributed by atoms with E-state index in [9.17, 15) is 18.8 Å². The number of benzene rings is 2. The fourth-order valence-electron chi connectivity index (χ4n) is 4.02. The van der Waals surface area contributed by atoms with E-state index < -0.39 is 10.0 Å². The molecule has 1 aliphatic heterocycles. The third kappa shape index (κ3) is 3.82. The predicted molar refractivity (Wildman–Crippen MR) is 119 cm³/mol. The van der Waals surface area contributed by atoms with Crippen LogP contribution in [0.25, 0.3) is 22.4 Å². The first kappa shape index (κ1) is 21.1. The molecule has 1 N–H and O–H groups in total. The number of aliphatic hydroxyl groups excluding tert-OH is 1. The molecule has 0 saturated carbocycles. The van der Waals surface area contributed by atoms with Crippen molar-refractivity contribution in [2.24, 2.45) is 13.0 Å². The van der Waals surface area contributed by atoms with Crippen LogP contribution in [0.2, 0.25) is 0 Å². The lowest BCUT2D eigenvalue weighted by atomic mass is 10.0. The van der Waals surface area contributed by atoms with Crippen LogP contribution in [-0.4, -0.2) is 40.5 Å². The minimum atomic E-state index is -3.59. The van der Waals surface area contributed by atoms with Crippen molar-refractivity contribution in [3.05, 3.63) is 59.9 Å². The van der Waals surface area contributed by atoms with Crippen LogP contribution < -0.4 is 0 Å². The molecule has 2 aromatic carbocycles. The highest BCUT2D eigenvalue weighted by Crippen LogP contribution is 2.28. The molecule has 1 atom stereocenters. The number of para-hydroxylation sites is 2. The SMILES string of the molecule is C[C@@H]1CCCN(S(=O)(=O)c2ccc(C(O)=C(C#N)c3nc4ccccc4n3C)cc2)C1. The molecule has 7 nitrogen and oxygen atoms in total. The second-order valence-electron chi connectivity index (χ2n) is 7.95. The van der Waals surface area contributed by atoms with E-state index in [-0.39, 0.29) is 16.2 Å². The van der Waals surface area contributed by atoms with E-state index in [1.54, 1.807) is 11.6 Å². The normalized spacial score (nSPS) is 18.5. The van der Waals surface area contributed by atoms with E-state index in [0.717, 1.165) is 23.9 Å². The molecule has 0 unspecified atom stereocenters. The summed E-state index contributed by atoms with van der Waals surface area (Å²) in [6.07, 6.45) is 1.88. The van der Waals surface area contributed by atoms with Crippen LogP contribution >= 0.6 is 0 Å². The Morgan fingerprint density at radius 1 is 1.19 bits per heavy atom. The standard InChI is InChI=1S/C23H24N4O3S/c1-16-6-5-13-27(15-16)31(29,30)18-11-9-17(10-12-18)22(28)19(14-24)23-25-20-7-3-4-8-21(20)26(23)2/h3-4,7-12,16,28H,5-6,13,15H2,1-2H3/t16-/m1/s1. The van der Waals surface area contributed by atoms with Crippen LogP contribution in [0.15, 0.2) is 53.4 Å². The van der Waals surface area contributed by atoms with E-state index in [1.165, 1.54) is 28.6 Å². The van der Waals surface area contributed by atoms with Crippen molar-refractivity contribution >= 4 is 32.4 Å². The molecule has 8 heteroatoms. The summed E-state index contributed by atoms with van der Waals surface area (Å²) in [7, 11) is -1.80. The number of sulfonamides is 1. The van der Waals surface area contributed by atoms with Gasteiger partial charge in [0.05, 0.1) is 15.9 Å². The number of hydrogen-bond donors (Lipinski definition) is 1. The van der Waals surface area contributed by atoms with E-state index in [2.05, 4.69) is 11.9 Å². The second kappa shape index (κ2) is 8.17. The third-order valence-corrected chi connectivity index (χ3v) is 7.62. The Labute approximate surface area is 181 Å². The predicted octanol–water partition coefficient (Wildman–Crippen LogP) is 3.94. The number of imidazole rings is 1. The van der Waals surface area contributed by atoms with Crippen molar-refractivity contribution in [1.29, 1.82) is 5.26 Å². The number of hydrogen-bond acceptors (Lipinski definition) is 5. The number of allylic oxidation sites excluding steroid dienone is 1. The Bertz CT molecular complexity index is 1300. The summed E-state index contributed by atoms with van der Waals surface area (Å²) in [5.41, 5.74) is 1.95. The van der Waals surface area contributed by atoms with Gasteiger partial charge in [-0.25, -0.2) is 13.4 Å². The van der Waals surface area contributed by atoms with Crippen LogP contribution in [0.3, 0.4) is 0 Å². The molecule has 1 fully saturated rings. The van der Waals surface area contributed by atoms with Crippen LogP contribution in [-0.2, 0) is 17.1 Å². The van der Waals surface area contributed by atoms with Gasteiger partial charge in [0.2, 0.25) is 10.0 Å². The van der Waals surface area contributed by atoms with Gasteiger partial charge in [0.15, 0.2) is 5.82 Å². The summed E-state index contributed by atoms with van der Waals surface area (Å²) in [6, 6.07) is 15.5. The first-order chi connectivity index (χ1) is 14.8. The first-order valence-electron chi connectivity index (χ1n) is 10.2. The van der Waals surface area contributed by atoms with Gasteiger partial charge in [0.25, 0.3) is 0 Å². The highest BCUT2D eigenvalue weighted by molar-refractivity contribution is 7.89. The van der Waals surface area contributed by atoms with Gasteiger partial charge in [-0.15, -0.1) is 0 Å². The maximum absolute atomic E-state index is 13.0. The van der Waals surface area contributed by atoms with Crippen LogP contribution in [0.1, 0.15) is 31.2 Å². The van der Waals surface area contributed by atoms with Crippen molar-refractivity contribution in [3.63, 3.8) is 0 Å². The van der Waals surface area contributed by atoms with Crippen LogP contribution in [0.5, 0.6) is 0 Å². The molecule has 4 rings (SSSR count). The molecule has 1 aliphatic rings. The van der Waals surface area contributed by atoms with Gasteiger partial charge in [-0.2, -0.15) is 9.57 Å². The summed E-state index contributed by atoms with van der Waals surface area (Å²) >= 11 is 0. The second-order valence-corrected chi connectivity index (χ2v) is 9.89. The fraction of sp³-hybridized carbons (Fsp3) is 0.304. The number of nitrogens with zero attached hydrogens (tertiary/aromatic N) is 4. The van der Waals surface area contributed by atoms with Crippen LogP contribution in [0, 0.1) is 17.2 Å². The van der Waals surface area contributed by atoms with E-state index in [4.69, 9.17) is 0 Å². The Balaban J connectivity index is 1.69. The fourth-order valence-corrected chi connectivity index (χ4v) is 5.62. The van der Waals surface area contributed by atoms with Crippen molar-refractivity contribution in [2.45, 2.75) is 24.7 Å². The largest absolute Gasteiger partial charge is 0.506 e. The maximum Gasteiger partial charge on any atom is 0.243 e. The average molecular weight is 437 g/mol. The Morgan fingerprint density at radius 3 is 2.55 bits per heavy atom. The van der Waals surface area contributed by atoms with Gasteiger partial charge in [-0.3, -0.25) is 0 Å². The molecule has 0 spiro atoms. The molecular formula is C23H24N4O3S. The average Bonchev–Trinajstić information content (AvgIpc) is 3.11. The smallest absolute Gasteiger partial charge is 0.243 e. The number of fused-ring (bicyclic) bond motifs is 1. The summed E-state index contributed by atoms with van der Waals surface area (Å²) in [5.74, 6) is 0.443. The summed E-state index contributed by atoms with van der Waals surface area (Å²) < 4.78 is 29.2. The van der Waals surface area contributed by atoms with E-state index in [1.807, 2.05) is 30.3 Å². The summed E-state index contributed by atoms with van der Waals surface area (Å²) in [5, 5.41) is 20.5. The third-order valence-electron chi connectivity index (χ3n) is 5.74. The van der Waals surface area contributed by atoms with Crippen molar-refractivity contribution < 1.29 is 13.5 Å². The minimum Gasteiger partial charge on any atom is -0.506 e. The van der Waals surface area contributed by atoms with Gasteiger partial charge >= 0.3 is 0 Å². The number of piperidine rings is 1. The first-order valence-corrected chi connectivity index (χ1v) is 11.6. The van der Waals surface area contributed by atoms with E-state index >= 15 is 0 Å². The lowest BCUT2D eigenvalue weighted by Crippen LogP contribution is -2.39. The molecule has 0 amide bonds. The van der Waals surface area contributed by atoms with Gasteiger partial charge in [-0.1, -0.05) is 19.1 Å². The van der Waals surface area contributed by atoms with Gasteiger partial charge in [0.1, 0.15) is 17.4 Å². The Morgan fingerprint density at radius 2 is 1.90 bits per heavy atom. The molecule has 31 heavy (non-hydrogen) atoms. The molecular weight excluding hydrogens is 412 g/mol. The number of aromatic nitrogens is 2. The molecule has 2 heterocycles. The molecule has 160 valence electrons. The van der Waals surface area contributed by atoms with Gasteiger partial charge in [-0.05, 0) is 55.2 Å². The zero-order chi connectivity index (χ0) is 22.2. The maximum atomic E-state index is 13.0. The highest BCUT2D eigenvalue weighted by atomic mass is 32.2. The van der Waals surface area contributed by atoms with Gasteiger partial charge in [0, 0.05) is 25.7 Å². The van der Waals surface area contributed by atoms with Crippen molar-refractivity contribution in [2.75, 3.05) is 13.1 Å². The molecule has 1 aromatic heterocycles. The molecule has 1 saturated heterocycles. The zero-order valence-corrected chi connectivity index (χ0v) is 18.3. The number of aliphatic hydroxyl groups is 1. The Kier molecular flexibility index (Phi) is 5.56. The number of aryl methyl sites for hydroxylation is 1. The lowest BCUT2D eigenvalue weighted by Gasteiger charge is -2.30. The van der Waals surface area contributed by atoms with Crippen LogP contribution in [0.4, 0.5) is 0 Å². The topological polar surface area (TPSA) is 99.2 Å². The minimum absolute atomic E-state index is 0.0270. The van der Waals surface area contributed by atoms with Gasteiger partial charge < -0.3 is 9.67 Å². The molecule has 0 radical (unpaired) electrons. The van der Waals surface area contributed by atoms with Crippen molar-refractivity contribution in [3.8, 4) is 6.07 Å². The Hall–Kier alpha value is -3.15. The molecule has 0 bridgehead atoms. The van der Waals surface area contributed by atoms with E-state index in [0.29, 0.717) is 30.4 Å². The lowest BCUT2D eigenvalue weighted by molar-refractivity contribution is 0.281. The number of rotatable bonds is 4. The quantitative estimate of drug-likeness (QED) is 0.493. The zero-order valence-electron chi connectivity index (χ0n) is 17.5. The monoisotopic (exact) mass is 436 g/mol. The van der Waals surface area contributed by atoms with Crippen molar-refractivity contribution in [1.82, 2.24) is 13.9 Å². The molecule has 3 aromatic rings. The molecule has 0 aliphatic carbocycles.